The van der Waals surface area contributed by atoms with E-state index in [4.69, 9.17) is 14.0 Å². The summed E-state index contributed by atoms with van der Waals surface area (Å²) in [6.45, 7) is 4.83. The average molecular weight is 400 g/mol. The minimum Gasteiger partial charge on any atom is -0.375 e. The molecule has 2 aliphatic rings. The van der Waals surface area contributed by atoms with E-state index in [2.05, 4.69) is 15.1 Å². The summed E-state index contributed by atoms with van der Waals surface area (Å²) < 4.78 is 17.0. The van der Waals surface area contributed by atoms with Crippen molar-refractivity contribution in [2.45, 2.75) is 44.6 Å². The number of ether oxygens (including phenoxy) is 2. The van der Waals surface area contributed by atoms with Crippen molar-refractivity contribution < 1.29 is 18.8 Å². The SMILES string of the molecule is CCOCC(=O)N1CCC2(CC1)CC(Cc1nc(-c3ccncc3)no1)CCO2. The van der Waals surface area contributed by atoms with Gasteiger partial charge in [-0.3, -0.25) is 9.78 Å². The van der Waals surface area contributed by atoms with E-state index in [0.29, 0.717) is 24.2 Å². The third-order valence-corrected chi connectivity index (χ3v) is 5.92. The molecule has 29 heavy (non-hydrogen) atoms. The van der Waals surface area contributed by atoms with Crippen LogP contribution in [-0.4, -0.2) is 64.4 Å². The smallest absolute Gasteiger partial charge is 0.248 e. The maximum absolute atomic E-state index is 12.2. The molecule has 156 valence electrons. The standard InChI is InChI=1S/C21H28N4O4/c1-2-27-15-19(26)25-10-6-21(7-11-25)14-16(5-12-28-21)13-18-23-20(24-29-18)17-3-8-22-9-4-17/h3-4,8-9,16H,2,5-7,10-15H2,1H3. The van der Waals surface area contributed by atoms with Gasteiger partial charge in [0.25, 0.3) is 0 Å². The Kier molecular flexibility index (Phi) is 6.20. The fraction of sp³-hybridized carbons (Fsp3) is 0.619. The van der Waals surface area contributed by atoms with Crippen molar-refractivity contribution in [1.82, 2.24) is 20.0 Å². The van der Waals surface area contributed by atoms with Gasteiger partial charge in [0.05, 0.1) is 5.60 Å². The largest absolute Gasteiger partial charge is 0.375 e. The molecule has 2 aliphatic heterocycles. The van der Waals surface area contributed by atoms with Gasteiger partial charge < -0.3 is 18.9 Å². The number of aromatic nitrogens is 3. The van der Waals surface area contributed by atoms with Crippen molar-refractivity contribution >= 4 is 5.91 Å². The van der Waals surface area contributed by atoms with Crippen molar-refractivity contribution in [3.63, 3.8) is 0 Å². The number of pyridine rings is 1. The van der Waals surface area contributed by atoms with Gasteiger partial charge in [0, 0.05) is 50.7 Å². The molecule has 0 N–H and O–H groups in total. The minimum atomic E-state index is -0.140. The molecule has 4 heterocycles. The predicted octanol–water partition coefficient (Wildman–Crippen LogP) is 2.50. The van der Waals surface area contributed by atoms with Crippen LogP contribution in [-0.2, 0) is 20.7 Å². The molecule has 1 atom stereocenters. The lowest BCUT2D eigenvalue weighted by molar-refractivity contribution is -0.150. The molecule has 2 fully saturated rings. The van der Waals surface area contributed by atoms with Gasteiger partial charge in [-0.2, -0.15) is 4.98 Å². The molecule has 4 rings (SSSR count). The highest BCUT2D eigenvalue weighted by atomic mass is 16.5. The third-order valence-electron chi connectivity index (χ3n) is 5.92. The zero-order valence-corrected chi connectivity index (χ0v) is 16.9. The molecule has 1 amide bonds. The van der Waals surface area contributed by atoms with Crippen LogP contribution < -0.4 is 0 Å². The average Bonchev–Trinajstić information content (AvgIpc) is 3.22. The van der Waals surface area contributed by atoms with Gasteiger partial charge >= 0.3 is 0 Å². The molecule has 2 aromatic rings. The van der Waals surface area contributed by atoms with Crippen LogP contribution in [0.3, 0.4) is 0 Å². The molecule has 0 bridgehead atoms. The summed E-state index contributed by atoms with van der Waals surface area (Å²) in [7, 11) is 0. The number of piperidine rings is 1. The van der Waals surface area contributed by atoms with Gasteiger partial charge in [0.2, 0.25) is 17.6 Å². The third kappa shape index (κ3) is 4.82. The molecule has 1 unspecified atom stereocenters. The van der Waals surface area contributed by atoms with Crippen LogP contribution in [0.1, 0.15) is 38.5 Å². The fourth-order valence-electron chi connectivity index (χ4n) is 4.30. The molecule has 0 aromatic carbocycles. The summed E-state index contributed by atoms with van der Waals surface area (Å²) in [4.78, 5) is 22.7. The van der Waals surface area contributed by atoms with Gasteiger partial charge in [-0.15, -0.1) is 0 Å². The number of carbonyl (C=O) groups is 1. The Labute approximate surface area is 170 Å². The van der Waals surface area contributed by atoms with E-state index in [0.717, 1.165) is 57.4 Å². The number of carbonyl (C=O) groups excluding carboxylic acids is 1. The molecule has 8 nitrogen and oxygen atoms in total. The normalized spacial score (nSPS) is 21.4. The zero-order chi connectivity index (χ0) is 20.1. The van der Waals surface area contributed by atoms with Crippen LogP contribution in [0.15, 0.2) is 29.0 Å². The van der Waals surface area contributed by atoms with E-state index in [1.807, 2.05) is 24.0 Å². The predicted molar refractivity (Wildman–Crippen MR) is 105 cm³/mol. The summed E-state index contributed by atoms with van der Waals surface area (Å²) in [5.74, 6) is 1.79. The van der Waals surface area contributed by atoms with Crippen LogP contribution in [0.2, 0.25) is 0 Å². The number of hydrogen-bond donors (Lipinski definition) is 0. The molecule has 2 aromatic heterocycles. The van der Waals surface area contributed by atoms with Crippen molar-refractivity contribution in [2.75, 3.05) is 32.9 Å². The summed E-state index contributed by atoms with van der Waals surface area (Å²) >= 11 is 0. The maximum Gasteiger partial charge on any atom is 0.248 e. The van der Waals surface area contributed by atoms with Crippen molar-refractivity contribution in [1.29, 1.82) is 0 Å². The van der Waals surface area contributed by atoms with Crippen molar-refractivity contribution in [2.24, 2.45) is 5.92 Å². The molecule has 0 saturated carbocycles. The van der Waals surface area contributed by atoms with Crippen LogP contribution >= 0.6 is 0 Å². The lowest BCUT2D eigenvalue weighted by Crippen LogP contribution is -2.51. The monoisotopic (exact) mass is 400 g/mol. The van der Waals surface area contributed by atoms with Crippen molar-refractivity contribution in [3.05, 3.63) is 30.4 Å². The Morgan fingerprint density at radius 2 is 2.10 bits per heavy atom. The first-order valence-electron chi connectivity index (χ1n) is 10.4. The summed E-state index contributed by atoms with van der Waals surface area (Å²) in [6.07, 6.45) is 7.89. The number of likely N-dealkylation sites (tertiary alicyclic amines) is 1. The van der Waals surface area contributed by atoms with E-state index >= 15 is 0 Å². The second-order valence-corrected chi connectivity index (χ2v) is 7.86. The first-order chi connectivity index (χ1) is 14.2. The second-order valence-electron chi connectivity index (χ2n) is 7.86. The Bertz CT molecular complexity index is 802. The van der Waals surface area contributed by atoms with Crippen LogP contribution in [0, 0.1) is 5.92 Å². The number of amides is 1. The van der Waals surface area contributed by atoms with Crippen LogP contribution in [0.5, 0.6) is 0 Å². The number of rotatable bonds is 6. The lowest BCUT2D eigenvalue weighted by Gasteiger charge is -2.46. The molecule has 1 spiro atoms. The van der Waals surface area contributed by atoms with Gasteiger partial charge in [-0.05, 0) is 50.7 Å². The molecule has 2 saturated heterocycles. The van der Waals surface area contributed by atoms with E-state index in [1.165, 1.54) is 0 Å². The van der Waals surface area contributed by atoms with Crippen LogP contribution in [0.25, 0.3) is 11.4 Å². The Balaban J connectivity index is 1.32. The van der Waals surface area contributed by atoms with Gasteiger partial charge in [-0.1, -0.05) is 5.16 Å². The first kappa shape index (κ1) is 20.0. The maximum atomic E-state index is 12.2. The fourth-order valence-corrected chi connectivity index (χ4v) is 4.30. The Morgan fingerprint density at radius 3 is 2.86 bits per heavy atom. The summed E-state index contributed by atoms with van der Waals surface area (Å²) in [6, 6.07) is 3.75. The first-order valence-corrected chi connectivity index (χ1v) is 10.4. The Hall–Kier alpha value is -2.32. The van der Waals surface area contributed by atoms with Crippen LogP contribution in [0.4, 0.5) is 0 Å². The summed E-state index contributed by atoms with van der Waals surface area (Å²) in [5, 5.41) is 4.11. The molecular weight excluding hydrogens is 372 g/mol. The van der Waals surface area contributed by atoms with E-state index < -0.39 is 0 Å². The highest BCUT2D eigenvalue weighted by Crippen LogP contribution is 2.38. The number of nitrogens with zero attached hydrogens (tertiary/aromatic N) is 4. The molecule has 0 aliphatic carbocycles. The van der Waals surface area contributed by atoms with Crippen molar-refractivity contribution in [3.8, 4) is 11.4 Å². The minimum absolute atomic E-state index is 0.0727. The van der Waals surface area contributed by atoms with Gasteiger partial charge in [0.15, 0.2) is 0 Å². The Morgan fingerprint density at radius 1 is 1.31 bits per heavy atom. The second kappa shape index (κ2) is 9.00. The number of hydrogen-bond acceptors (Lipinski definition) is 7. The van der Waals surface area contributed by atoms with E-state index in [9.17, 15) is 4.79 Å². The van der Waals surface area contributed by atoms with Gasteiger partial charge in [0.1, 0.15) is 6.61 Å². The highest BCUT2D eigenvalue weighted by Gasteiger charge is 2.41. The summed E-state index contributed by atoms with van der Waals surface area (Å²) in [5.41, 5.74) is 0.766. The topological polar surface area (TPSA) is 90.6 Å². The molecule has 0 radical (unpaired) electrons. The zero-order valence-electron chi connectivity index (χ0n) is 16.9. The van der Waals surface area contributed by atoms with E-state index in [-0.39, 0.29) is 18.1 Å². The highest BCUT2D eigenvalue weighted by molar-refractivity contribution is 5.77. The lowest BCUT2D eigenvalue weighted by atomic mass is 9.78. The molecular formula is C21H28N4O4. The quantitative estimate of drug-likeness (QED) is 0.736. The van der Waals surface area contributed by atoms with E-state index in [1.54, 1.807) is 12.4 Å². The molecule has 8 heteroatoms. The van der Waals surface area contributed by atoms with Gasteiger partial charge in [-0.25, -0.2) is 0 Å².